The minimum atomic E-state index is -4.52. The smallest absolute Gasteiger partial charge is 0.362 e. The molecule has 7 rings (SSSR count). The minimum absolute atomic E-state index is 0.0200. The second-order valence-corrected chi connectivity index (χ2v) is 13.9. The van der Waals surface area contributed by atoms with Crippen LogP contribution < -0.4 is 14.5 Å². The van der Waals surface area contributed by atoms with Crippen LogP contribution >= 0.6 is 11.6 Å². The maximum atomic E-state index is 12.7. The topological polar surface area (TPSA) is 119 Å². The molecular weight excluding hydrogens is 592 g/mol. The van der Waals surface area contributed by atoms with Gasteiger partial charge in [0.15, 0.2) is 0 Å². The van der Waals surface area contributed by atoms with Crippen LogP contribution in [0.15, 0.2) is 36.4 Å². The molecule has 1 N–H and O–H groups in total. The molecule has 1 spiro atoms. The van der Waals surface area contributed by atoms with Gasteiger partial charge in [0, 0.05) is 42.3 Å². The van der Waals surface area contributed by atoms with Crippen molar-refractivity contribution in [2.24, 2.45) is 5.41 Å². The number of ether oxygens (including phenoxy) is 1. The normalized spacial score (nSPS) is 22.3. The fraction of sp³-hybridized carbons (Fsp3) is 0.500. The summed E-state index contributed by atoms with van der Waals surface area (Å²) in [4.78, 5) is 29.4. The first-order chi connectivity index (χ1) is 20.6. The van der Waals surface area contributed by atoms with Gasteiger partial charge in [0.05, 0.1) is 29.2 Å². The van der Waals surface area contributed by atoms with E-state index in [9.17, 15) is 17.8 Å². The van der Waals surface area contributed by atoms with E-state index >= 15 is 0 Å². The number of anilines is 2. The summed E-state index contributed by atoms with van der Waals surface area (Å²) in [5.74, 6) is 0.303. The van der Waals surface area contributed by atoms with Crippen LogP contribution in [0.2, 0.25) is 5.02 Å². The number of benzene rings is 2. The van der Waals surface area contributed by atoms with Crippen molar-refractivity contribution in [3.63, 3.8) is 0 Å². The molecule has 4 aliphatic rings. The van der Waals surface area contributed by atoms with Crippen molar-refractivity contribution in [3.8, 4) is 6.01 Å². The van der Waals surface area contributed by atoms with E-state index in [-0.39, 0.29) is 6.54 Å². The first-order valence-electron chi connectivity index (χ1n) is 14.8. The van der Waals surface area contributed by atoms with Gasteiger partial charge in [-0.05, 0) is 63.2 Å². The third-order valence-corrected chi connectivity index (χ3v) is 10.9. The highest BCUT2D eigenvalue weighted by Gasteiger charge is 2.57. The van der Waals surface area contributed by atoms with Crippen LogP contribution in [0.4, 0.5) is 11.5 Å². The van der Waals surface area contributed by atoms with Gasteiger partial charge < -0.3 is 19.4 Å². The molecule has 0 unspecified atom stereocenters. The number of halogens is 1. The molecule has 1 aromatic heterocycles. The average Bonchev–Trinajstić information content (AvgIpc) is 3.41. The first kappa shape index (κ1) is 28.6. The van der Waals surface area contributed by atoms with Gasteiger partial charge in [0.25, 0.3) is 0 Å². The zero-order valence-corrected chi connectivity index (χ0v) is 25.6. The Kier molecular flexibility index (Phi) is 7.15. The van der Waals surface area contributed by atoms with Crippen molar-refractivity contribution in [1.82, 2.24) is 19.2 Å². The lowest BCUT2D eigenvalue weighted by Crippen LogP contribution is -2.66. The summed E-state index contributed by atoms with van der Waals surface area (Å²) >= 11 is 6.68. The highest BCUT2D eigenvalue weighted by molar-refractivity contribution is 7.84. The predicted molar refractivity (Wildman–Crippen MR) is 164 cm³/mol. The lowest BCUT2D eigenvalue weighted by atomic mass is 9.72. The monoisotopic (exact) mass is 626 g/mol. The van der Waals surface area contributed by atoms with Crippen molar-refractivity contribution < 1.29 is 22.5 Å². The van der Waals surface area contributed by atoms with E-state index in [1.54, 1.807) is 0 Å². The van der Waals surface area contributed by atoms with Gasteiger partial charge in [-0.1, -0.05) is 35.9 Å². The van der Waals surface area contributed by atoms with Gasteiger partial charge in [-0.15, -0.1) is 0 Å². The van der Waals surface area contributed by atoms with Crippen LogP contribution in [0.3, 0.4) is 0 Å². The molecule has 0 saturated carbocycles. The van der Waals surface area contributed by atoms with Gasteiger partial charge >= 0.3 is 16.3 Å². The molecule has 2 aromatic carbocycles. The summed E-state index contributed by atoms with van der Waals surface area (Å²) in [5, 5.41) is 2.83. The van der Waals surface area contributed by atoms with Crippen LogP contribution in [-0.2, 0) is 28.1 Å². The van der Waals surface area contributed by atoms with Crippen LogP contribution in [0.1, 0.15) is 36.9 Å². The van der Waals surface area contributed by atoms with Crippen molar-refractivity contribution in [3.05, 3.63) is 52.7 Å². The number of likely N-dealkylation sites (tertiary alicyclic amines) is 1. The highest BCUT2D eigenvalue weighted by atomic mass is 35.5. The molecule has 1 atom stereocenters. The number of fused-ring (bicyclic) bond motifs is 2. The molecule has 0 radical (unpaired) electrons. The van der Waals surface area contributed by atoms with Crippen molar-refractivity contribution in [1.29, 1.82) is 0 Å². The summed E-state index contributed by atoms with van der Waals surface area (Å²) in [7, 11) is -2.41. The molecule has 5 heterocycles. The molecule has 11 nitrogen and oxygen atoms in total. The fourth-order valence-electron chi connectivity index (χ4n) is 7.11. The molecule has 4 aliphatic heterocycles. The highest BCUT2D eigenvalue weighted by Crippen LogP contribution is 2.44. The molecular formula is C30H35ClN6O5S. The maximum Gasteiger partial charge on any atom is 0.362 e. The Morgan fingerprint density at radius 3 is 2.53 bits per heavy atom. The fourth-order valence-corrected chi connectivity index (χ4v) is 8.21. The van der Waals surface area contributed by atoms with E-state index in [0.29, 0.717) is 60.5 Å². The quantitative estimate of drug-likeness (QED) is 0.321. The van der Waals surface area contributed by atoms with Gasteiger partial charge in [-0.2, -0.15) is 18.4 Å². The summed E-state index contributed by atoms with van der Waals surface area (Å²) in [6.45, 7) is 4.02. The SMILES string of the molecule is CN1CCC[C@@H]1COc1nc2c(c(N3CCC4(CC3)CN(S(=O)(=O)O)C4=O)n1)CCN(c1cccc3cccc(Cl)c13)C2. The molecule has 3 fully saturated rings. The standard InChI is InChI=1S/C30H35ClN6O5S/c1-34-13-4-7-21(34)18-42-29-32-24-17-36(25-9-3-6-20-5-2-8-23(31)26(20)25)14-10-22(24)27(33-29)35-15-11-30(12-16-35)19-37(28(30)38)43(39,40)41/h2-3,5-6,8-9,21H,4,7,10-19H2,1H3,(H,39,40,41)/t21-/m1/s1. The zero-order chi connectivity index (χ0) is 29.9. The number of hydrogen-bond donors (Lipinski definition) is 1. The molecule has 3 aromatic rings. The second-order valence-electron chi connectivity index (χ2n) is 12.2. The van der Waals surface area contributed by atoms with Gasteiger partial charge in [-0.25, -0.2) is 4.31 Å². The van der Waals surface area contributed by atoms with E-state index in [0.717, 1.165) is 65.9 Å². The number of hydrogen-bond acceptors (Lipinski definition) is 9. The number of amides is 1. The number of β-lactam (4-membered cyclic amide) rings is 1. The maximum absolute atomic E-state index is 12.7. The number of nitrogens with zero attached hydrogens (tertiary/aromatic N) is 6. The molecule has 13 heteroatoms. The Balaban J connectivity index is 1.17. The third kappa shape index (κ3) is 5.07. The predicted octanol–water partition coefficient (Wildman–Crippen LogP) is 3.55. The van der Waals surface area contributed by atoms with Crippen LogP contribution in [-0.4, -0.2) is 90.5 Å². The van der Waals surface area contributed by atoms with Crippen molar-refractivity contribution >= 4 is 50.1 Å². The Morgan fingerprint density at radius 2 is 1.84 bits per heavy atom. The zero-order valence-electron chi connectivity index (χ0n) is 24.1. The largest absolute Gasteiger partial charge is 0.462 e. The number of piperidine rings is 1. The number of aromatic nitrogens is 2. The van der Waals surface area contributed by atoms with Gasteiger partial charge in [-0.3, -0.25) is 9.35 Å². The van der Waals surface area contributed by atoms with Crippen molar-refractivity contribution in [2.45, 2.75) is 44.7 Å². The number of carbonyl (C=O) groups excluding carboxylic acids is 1. The van der Waals surface area contributed by atoms with Crippen LogP contribution in [0, 0.1) is 5.41 Å². The first-order valence-corrected chi connectivity index (χ1v) is 16.6. The van der Waals surface area contributed by atoms with Crippen LogP contribution in [0.5, 0.6) is 6.01 Å². The number of likely N-dealkylation sites (N-methyl/N-ethyl adjacent to an activating group) is 1. The van der Waals surface area contributed by atoms with Gasteiger partial charge in [0.1, 0.15) is 12.4 Å². The minimum Gasteiger partial charge on any atom is -0.462 e. The van der Waals surface area contributed by atoms with Crippen LogP contribution in [0.25, 0.3) is 10.8 Å². The Labute approximate surface area is 256 Å². The van der Waals surface area contributed by atoms with E-state index in [1.807, 2.05) is 12.1 Å². The molecule has 0 aliphatic carbocycles. The van der Waals surface area contributed by atoms with E-state index in [4.69, 9.17) is 26.3 Å². The summed E-state index contributed by atoms with van der Waals surface area (Å²) in [6, 6.07) is 12.8. The van der Waals surface area contributed by atoms with E-state index in [1.165, 1.54) is 0 Å². The second kappa shape index (κ2) is 10.8. The third-order valence-electron chi connectivity index (χ3n) is 9.70. The molecule has 3 saturated heterocycles. The Hall–Kier alpha value is -3.19. The molecule has 228 valence electrons. The van der Waals surface area contributed by atoms with Gasteiger partial charge in [0.2, 0.25) is 5.91 Å². The lowest BCUT2D eigenvalue weighted by Gasteiger charge is -2.50. The molecule has 0 bridgehead atoms. The Morgan fingerprint density at radius 1 is 1.07 bits per heavy atom. The molecule has 43 heavy (non-hydrogen) atoms. The van der Waals surface area contributed by atoms with E-state index < -0.39 is 21.6 Å². The summed E-state index contributed by atoms with van der Waals surface area (Å²) in [5.41, 5.74) is 2.29. The lowest BCUT2D eigenvalue weighted by molar-refractivity contribution is -0.153. The van der Waals surface area contributed by atoms with E-state index in [2.05, 4.69) is 46.0 Å². The van der Waals surface area contributed by atoms with Crippen molar-refractivity contribution in [2.75, 3.05) is 56.2 Å². The summed E-state index contributed by atoms with van der Waals surface area (Å²) in [6.07, 6.45) is 3.92. The molecule has 1 amide bonds. The Bertz CT molecular complexity index is 1690. The average molecular weight is 627 g/mol. The summed E-state index contributed by atoms with van der Waals surface area (Å²) < 4.78 is 39.2. The number of rotatable bonds is 6. The number of carbonyl (C=O) groups is 1.